The third-order valence-electron chi connectivity index (χ3n) is 17.3. The standard InChI is InChI=1S/C51H66BN3O11/c1-9-47(61)24-31-25-50(45(59)64-7,41-33(14-18-53(26-31)27-47)34-21-32(12-13-37(34)52-41)39(58)20-29(3)4)36-22-35-38(23-40(36)63-6)55(28-56)43-49(35)16-19-54-17-11-15-48(10-2,42(49)54)44(66-30(5)57)51(43,62)46(60)65-8/h11-13,15,21-23,28-29,31,36,40,42-44,52,61-62H,9-10,14,16-20,24-27H2,1-8H3/t31-,36?,40?,42+,43-,44-,47+,48-,49-,50+,51+/m1/s1. The first-order chi connectivity index (χ1) is 31.5. The number of carbonyl (C=O) groups is 5. The fraction of sp³-hybridized carbons (Fsp3) is 0.627. The third kappa shape index (κ3) is 6.49. The van der Waals surface area contributed by atoms with E-state index < -0.39 is 75.6 Å². The quantitative estimate of drug-likeness (QED) is 0.0829. The molecule has 354 valence electrons. The van der Waals surface area contributed by atoms with Gasteiger partial charge in [-0.05, 0) is 85.8 Å². The van der Waals surface area contributed by atoms with Gasteiger partial charge < -0.3 is 34.1 Å². The smallest absolute Gasteiger partial charge is 0.344 e. The van der Waals surface area contributed by atoms with Crippen LogP contribution in [0, 0.1) is 34.0 Å². The number of ketones is 1. The van der Waals surface area contributed by atoms with Crippen molar-refractivity contribution in [2.75, 3.05) is 54.1 Å². The highest BCUT2D eigenvalue weighted by Gasteiger charge is 2.82. The molecule has 6 aliphatic heterocycles. The Bertz CT molecular complexity index is 2360. The summed E-state index contributed by atoms with van der Waals surface area (Å²) in [6.07, 6.45) is 9.41. The Balaban J connectivity index is 1.32. The van der Waals surface area contributed by atoms with E-state index in [1.165, 1.54) is 26.0 Å². The number of piperidine rings is 1. The lowest BCUT2D eigenvalue weighted by atomic mass is 9.46. The molecule has 2 bridgehead atoms. The molecule has 1 amide bonds. The first-order valence-corrected chi connectivity index (χ1v) is 24.0. The number of allylic oxidation sites excluding steroid dienone is 1. The Kier molecular flexibility index (Phi) is 11.8. The van der Waals surface area contributed by atoms with Crippen molar-refractivity contribution in [3.05, 3.63) is 70.4 Å². The molecule has 0 radical (unpaired) electrons. The maximum atomic E-state index is 15.6. The lowest BCUT2D eigenvalue weighted by molar-refractivity contribution is -0.242. The minimum atomic E-state index is -2.54. The second-order valence-corrected chi connectivity index (χ2v) is 21.0. The van der Waals surface area contributed by atoms with Gasteiger partial charge in [-0.15, -0.1) is 0 Å². The number of benzene rings is 1. The number of amides is 1. The van der Waals surface area contributed by atoms with Crippen LogP contribution < -0.4 is 5.46 Å². The van der Waals surface area contributed by atoms with Gasteiger partial charge in [0.15, 0.2) is 19.2 Å². The Morgan fingerprint density at radius 2 is 1.74 bits per heavy atom. The van der Waals surface area contributed by atoms with E-state index in [4.69, 9.17) is 18.9 Å². The van der Waals surface area contributed by atoms with Crippen molar-refractivity contribution >= 4 is 48.4 Å². The summed E-state index contributed by atoms with van der Waals surface area (Å²) in [6, 6.07) is 4.19. The summed E-state index contributed by atoms with van der Waals surface area (Å²) in [5.41, 5.74) is -1.54. The number of nitrogens with zero attached hydrogens (tertiary/aromatic N) is 3. The number of rotatable bonds is 11. The number of likely N-dealkylation sites (tertiary alicyclic amines) is 1. The fourth-order valence-corrected chi connectivity index (χ4v) is 14.9. The maximum Gasteiger partial charge on any atom is 0.344 e. The molecule has 4 fully saturated rings. The van der Waals surface area contributed by atoms with E-state index in [0.717, 1.165) is 22.1 Å². The highest BCUT2D eigenvalue weighted by atomic mass is 16.6. The Morgan fingerprint density at radius 3 is 2.39 bits per heavy atom. The molecular formula is C51H66BN3O11. The molecule has 1 aromatic rings. The summed E-state index contributed by atoms with van der Waals surface area (Å²) in [4.78, 5) is 76.8. The Hall–Kier alpha value is -4.41. The van der Waals surface area contributed by atoms with Crippen molar-refractivity contribution in [3.63, 3.8) is 0 Å². The zero-order valence-corrected chi connectivity index (χ0v) is 39.8. The Morgan fingerprint density at radius 1 is 0.985 bits per heavy atom. The van der Waals surface area contributed by atoms with Crippen molar-refractivity contribution in [3.8, 4) is 0 Å². The van der Waals surface area contributed by atoms with Crippen LogP contribution in [0.4, 0.5) is 0 Å². The van der Waals surface area contributed by atoms with Crippen molar-refractivity contribution in [1.82, 2.24) is 14.7 Å². The topological polar surface area (TPSA) is 172 Å². The normalized spacial score (nSPS) is 38.5. The highest BCUT2D eigenvalue weighted by Crippen LogP contribution is 2.70. The van der Waals surface area contributed by atoms with E-state index in [2.05, 4.69) is 15.9 Å². The highest BCUT2D eigenvalue weighted by molar-refractivity contribution is 6.67. The minimum Gasteiger partial charge on any atom is -0.468 e. The van der Waals surface area contributed by atoms with Gasteiger partial charge in [-0.1, -0.05) is 69.0 Å². The molecular weight excluding hydrogens is 841 g/mol. The molecule has 1 spiro atoms. The van der Waals surface area contributed by atoms with Gasteiger partial charge in [-0.3, -0.25) is 29.0 Å². The van der Waals surface area contributed by atoms with Gasteiger partial charge in [-0.2, -0.15) is 0 Å². The zero-order valence-electron chi connectivity index (χ0n) is 39.8. The van der Waals surface area contributed by atoms with Crippen molar-refractivity contribution in [2.45, 2.75) is 115 Å². The fourth-order valence-electron chi connectivity index (χ4n) is 14.9. The van der Waals surface area contributed by atoms with Gasteiger partial charge in [0.1, 0.15) is 0 Å². The van der Waals surface area contributed by atoms with E-state index >= 15 is 4.79 Å². The molecule has 66 heavy (non-hydrogen) atoms. The van der Waals surface area contributed by atoms with Crippen molar-refractivity contribution < 1.29 is 53.1 Å². The van der Waals surface area contributed by atoms with Crippen LogP contribution in [-0.4, -0.2) is 152 Å². The SMILES string of the molecule is CC[C@]1(O)C[C@H]2CN(CCC3=C(Bc4ccc(C(=O)CC(C)C)cc43)[C@@](C(=O)OC)(C3C=C4C(=CC3OC)N(C=O)[C@H]3[C@@](O)(C(=O)OC)[C@H](OC(C)=O)[C@]5(CC)C=CCN6CC[C@]43[C@@H]65)C2)C1. The zero-order chi connectivity index (χ0) is 47.3. The molecule has 15 heteroatoms. The molecule has 1 saturated carbocycles. The van der Waals surface area contributed by atoms with Crippen LogP contribution in [0.15, 0.2) is 59.2 Å². The number of hydrogen-bond donors (Lipinski definition) is 2. The van der Waals surface area contributed by atoms with Gasteiger partial charge in [-0.25, -0.2) is 4.79 Å². The van der Waals surface area contributed by atoms with E-state index in [0.29, 0.717) is 108 Å². The molecule has 8 aliphatic rings. The largest absolute Gasteiger partial charge is 0.468 e. The number of fused-ring (bicyclic) bond motifs is 5. The third-order valence-corrected chi connectivity index (χ3v) is 17.3. The predicted octanol–water partition coefficient (Wildman–Crippen LogP) is 3.29. The average Bonchev–Trinajstić information content (AvgIpc) is 3.97. The van der Waals surface area contributed by atoms with Gasteiger partial charge in [0.2, 0.25) is 12.0 Å². The summed E-state index contributed by atoms with van der Waals surface area (Å²) in [7, 11) is 4.60. The number of aliphatic hydroxyl groups is 2. The molecule has 3 unspecified atom stereocenters. The summed E-state index contributed by atoms with van der Waals surface area (Å²) >= 11 is 0. The Labute approximate surface area is 388 Å². The lowest BCUT2D eigenvalue weighted by Gasteiger charge is -2.63. The second-order valence-electron chi connectivity index (χ2n) is 21.0. The van der Waals surface area contributed by atoms with Crippen LogP contribution in [0.1, 0.15) is 95.5 Å². The second kappa shape index (κ2) is 16.7. The van der Waals surface area contributed by atoms with Gasteiger partial charge >= 0.3 is 17.9 Å². The molecule has 6 heterocycles. The number of hydrogen-bond acceptors (Lipinski definition) is 13. The van der Waals surface area contributed by atoms with Crippen LogP contribution in [0.3, 0.4) is 0 Å². The summed E-state index contributed by atoms with van der Waals surface area (Å²) in [5, 5.41) is 25.5. The number of Topliss-reactive ketones (excluding diaryl/α,β-unsaturated/α-hetero) is 1. The average molecular weight is 908 g/mol. The number of carbonyl (C=O) groups excluding carboxylic acids is 5. The van der Waals surface area contributed by atoms with Gasteiger partial charge in [0.05, 0.1) is 37.4 Å². The van der Waals surface area contributed by atoms with Crippen molar-refractivity contribution in [1.29, 1.82) is 0 Å². The van der Waals surface area contributed by atoms with E-state index in [1.807, 2.05) is 64.1 Å². The first kappa shape index (κ1) is 46.7. The van der Waals surface area contributed by atoms with E-state index in [-0.39, 0.29) is 17.6 Å². The maximum absolute atomic E-state index is 15.6. The number of methoxy groups -OCH3 is 3. The van der Waals surface area contributed by atoms with E-state index in [1.54, 1.807) is 7.11 Å². The molecule has 14 nitrogen and oxygen atoms in total. The molecule has 2 aliphatic carbocycles. The monoisotopic (exact) mass is 907 g/mol. The molecule has 3 saturated heterocycles. The van der Waals surface area contributed by atoms with Crippen LogP contribution in [0.25, 0.3) is 5.57 Å². The molecule has 1 aromatic carbocycles. The number of ether oxygens (including phenoxy) is 4. The van der Waals surface area contributed by atoms with Gasteiger partial charge in [0.25, 0.3) is 0 Å². The van der Waals surface area contributed by atoms with Crippen molar-refractivity contribution in [2.24, 2.45) is 34.0 Å². The molecule has 9 rings (SSSR count). The molecule has 0 aromatic heterocycles. The lowest BCUT2D eigenvalue weighted by Crippen LogP contribution is -2.80. The molecule has 12 atom stereocenters. The summed E-state index contributed by atoms with van der Waals surface area (Å²) in [6.45, 7) is 12.2. The number of esters is 3. The summed E-state index contributed by atoms with van der Waals surface area (Å²) in [5.74, 6) is -2.82. The van der Waals surface area contributed by atoms with Gasteiger partial charge in [0, 0.05) is 80.7 Å². The minimum absolute atomic E-state index is 0.0577. The van der Waals surface area contributed by atoms with Crippen LogP contribution in [-0.2, 0) is 38.1 Å². The van der Waals surface area contributed by atoms with Crippen LogP contribution in [0.2, 0.25) is 0 Å². The van der Waals surface area contributed by atoms with E-state index in [9.17, 15) is 29.4 Å². The first-order valence-electron chi connectivity index (χ1n) is 24.0. The molecule has 2 N–H and O–H groups in total. The van der Waals surface area contributed by atoms with Crippen LogP contribution >= 0.6 is 0 Å². The predicted molar refractivity (Wildman–Crippen MR) is 246 cm³/mol. The summed E-state index contributed by atoms with van der Waals surface area (Å²) < 4.78 is 24.1. The van der Waals surface area contributed by atoms with Crippen LogP contribution in [0.5, 0.6) is 0 Å².